The minimum atomic E-state index is -4.53. The lowest BCUT2D eigenvalue weighted by Crippen LogP contribution is -2.76. The fourth-order valence-electron chi connectivity index (χ4n) is 5.09. The van der Waals surface area contributed by atoms with Crippen LogP contribution in [0.2, 0.25) is 0 Å². The highest BCUT2D eigenvalue weighted by Gasteiger charge is 2.60. The molecule has 2 N–H and O–H groups in total. The zero-order valence-electron chi connectivity index (χ0n) is 20.4. The van der Waals surface area contributed by atoms with E-state index in [1.165, 1.54) is 29.2 Å². The van der Waals surface area contributed by atoms with E-state index in [0.717, 1.165) is 23.1 Å². The molecule has 204 valence electrons. The second-order valence-corrected chi connectivity index (χ2v) is 9.83. The first-order valence-corrected chi connectivity index (χ1v) is 12.1. The van der Waals surface area contributed by atoms with Crippen LogP contribution < -0.4 is 15.5 Å². The van der Waals surface area contributed by atoms with Gasteiger partial charge in [-0.05, 0) is 35.9 Å². The molecule has 5 rings (SSSR count). The van der Waals surface area contributed by atoms with Gasteiger partial charge in [-0.1, -0.05) is 12.1 Å². The molecule has 0 bridgehead atoms. The van der Waals surface area contributed by atoms with E-state index in [4.69, 9.17) is 10.00 Å². The molecule has 1 aliphatic carbocycles. The fourth-order valence-corrected chi connectivity index (χ4v) is 5.09. The highest BCUT2D eigenvalue weighted by Crippen LogP contribution is 2.44. The summed E-state index contributed by atoms with van der Waals surface area (Å²) in [6.45, 7) is 0.136. The highest BCUT2D eigenvalue weighted by atomic mass is 19.4. The van der Waals surface area contributed by atoms with Crippen LogP contribution in [-0.4, -0.2) is 60.1 Å². The monoisotopic (exact) mass is 545 g/mol. The van der Waals surface area contributed by atoms with E-state index in [1.807, 2.05) is 0 Å². The van der Waals surface area contributed by atoms with E-state index < -0.39 is 53.5 Å². The molecule has 0 radical (unpaired) electrons. The van der Waals surface area contributed by atoms with Gasteiger partial charge in [-0.3, -0.25) is 14.5 Å². The Labute approximate surface area is 220 Å². The quantitative estimate of drug-likeness (QED) is 0.561. The Kier molecular flexibility index (Phi) is 6.67. The van der Waals surface area contributed by atoms with Crippen LogP contribution >= 0.6 is 0 Å². The molecular weight excluding hydrogens is 522 g/mol. The average Bonchev–Trinajstić information content (AvgIpc) is 2.84. The molecule has 39 heavy (non-hydrogen) atoms. The third-order valence-corrected chi connectivity index (χ3v) is 7.22. The molecule has 0 aromatic heterocycles. The summed E-state index contributed by atoms with van der Waals surface area (Å²) in [5, 5.41) is 14.5. The first-order valence-electron chi connectivity index (χ1n) is 12.1. The normalized spacial score (nSPS) is 23.2. The van der Waals surface area contributed by atoms with E-state index in [-0.39, 0.29) is 36.7 Å². The van der Waals surface area contributed by atoms with Crippen molar-refractivity contribution in [1.29, 1.82) is 5.26 Å². The second-order valence-electron chi connectivity index (χ2n) is 9.83. The standard InChI is InChI=1S/C26H23F4N5O4/c27-20-7-16(10-31)3-6-21(20)34-12-22(36)35(11-15-1-4-17(5-2-15)26(28,29)30)25(23(34)37)8-18(9-25)32-24(38)33-19-13-39-14-19/h1-7,18-19H,8-9,11-14H2,(H2,32,33,38)/t18-,25-. The summed E-state index contributed by atoms with van der Waals surface area (Å²) in [5.74, 6) is -1.96. The number of carbonyl (C=O) groups excluding carboxylic acids is 3. The number of alkyl halides is 3. The van der Waals surface area contributed by atoms with Gasteiger partial charge in [0.25, 0.3) is 5.91 Å². The summed E-state index contributed by atoms with van der Waals surface area (Å²) in [4.78, 5) is 41.9. The molecule has 3 fully saturated rings. The Balaban J connectivity index is 1.40. The Hall–Kier alpha value is -4.18. The first kappa shape index (κ1) is 26.4. The van der Waals surface area contributed by atoms with Crippen molar-refractivity contribution in [3.63, 3.8) is 0 Å². The molecule has 2 aromatic rings. The number of benzene rings is 2. The number of carbonyl (C=O) groups is 3. The molecule has 2 heterocycles. The number of hydrogen-bond donors (Lipinski definition) is 2. The van der Waals surface area contributed by atoms with Gasteiger partial charge in [-0.25, -0.2) is 9.18 Å². The van der Waals surface area contributed by atoms with Gasteiger partial charge in [-0.2, -0.15) is 18.4 Å². The lowest BCUT2D eigenvalue weighted by Gasteiger charge is -2.57. The molecule has 0 atom stereocenters. The molecule has 1 saturated carbocycles. The van der Waals surface area contributed by atoms with Crippen molar-refractivity contribution in [3.8, 4) is 6.07 Å². The number of nitrogens with one attached hydrogen (secondary N) is 2. The average molecular weight is 545 g/mol. The van der Waals surface area contributed by atoms with Crippen LogP contribution in [0.25, 0.3) is 0 Å². The Bertz CT molecular complexity index is 1350. The lowest BCUT2D eigenvalue weighted by molar-refractivity contribution is -0.159. The van der Waals surface area contributed by atoms with Crippen molar-refractivity contribution in [2.75, 3.05) is 24.7 Å². The van der Waals surface area contributed by atoms with Crippen molar-refractivity contribution in [3.05, 3.63) is 65.0 Å². The number of halogens is 4. The molecule has 1 spiro atoms. The largest absolute Gasteiger partial charge is 0.416 e. The maximum Gasteiger partial charge on any atom is 0.416 e. The van der Waals surface area contributed by atoms with Crippen molar-refractivity contribution in [2.24, 2.45) is 0 Å². The van der Waals surface area contributed by atoms with Crippen LogP contribution in [0.15, 0.2) is 42.5 Å². The highest BCUT2D eigenvalue weighted by molar-refractivity contribution is 6.10. The van der Waals surface area contributed by atoms with E-state index >= 15 is 0 Å². The maximum atomic E-state index is 14.8. The number of anilines is 1. The van der Waals surface area contributed by atoms with Crippen LogP contribution in [0.3, 0.4) is 0 Å². The van der Waals surface area contributed by atoms with Crippen molar-refractivity contribution >= 4 is 23.5 Å². The molecule has 2 saturated heterocycles. The first-order chi connectivity index (χ1) is 18.5. The van der Waals surface area contributed by atoms with Gasteiger partial charge in [0.15, 0.2) is 0 Å². The van der Waals surface area contributed by atoms with Crippen LogP contribution in [0.5, 0.6) is 0 Å². The Morgan fingerprint density at radius 3 is 2.31 bits per heavy atom. The van der Waals surface area contributed by atoms with E-state index in [2.05, 4.69) is 10.6 Å². The summed E-state index contributed by atoms with van der Waals surface area (Å²) in [5.41, 5.74) is -2.04. The summed E-state index contributed by atoms with van der Waals surface area (Å²) in [6.07, 6.45) is -4.47. The van der Waals surface area contributed by atoms with Gasteiger partial charge >= 0.3 is 12.2 Å². The fraction of sp³-hybridized carbons (Fsp3) is 0.385. The van der Waals surface area contributed by atoms with E-state index in [0.29, 0.717) is 18.8 Å². The summed E-state index contributed by atoms with van der Waals surface area (Å²) >= 11 is 0. The van der Waals surface area contributed by atoms with Crippen LogP contribution in [0.1, 0.15) is 29.5 Å². The van der Waals surface area contributed by atoms with Crippen molar-refractivity contribution in [1.82, 2.24) is 15.5 Å². The van der Waals surface area contributed by atoms with E-state index in [9.17, 15) is 31.9 Å². The van der Waals surface area contributed by atoms with Gasteiger partial charge < -0.3 is 20.3 Å². The number of piperazine rings is 1. The minimum absolute atomic E-state index is 0.0290. The van der Waals surface area contributed by atoms with Crippen LogP contribution in [-0.2, 0) is 27.0 Å². The topological polar surface area (TPSA) is 115 Å². The maximum absolute atomic E-state index is 14.8. The lowest BCUT2D eigenvalue weighted by atomic mass is 9.68. The number of nitriles is 1. The third kappa shape index (κ3) is 4.99. The number of amides is 4. The van der Waals surface area contributed by atoms with Crippen LogP contribution in [0.4, 0.5) is 28.0 Å². The Morgan fingerprint density at radius 2 is 1.74 bits per heavy atom. The molecule has 2 aliphatic heterocycles. The molecule has 13 heteroatoms. The van der Waals surface area contributed by atoms with E-state index in [1.54, 1.807) is 6.07 Å². The number of ether oxygens (including phenoxy) is 1. The van der Waals surface area contributed by atoms with Gasteiger partial charge in [0.1, 0.15) is 17.9 Å². The van der Waals surface area contributed by atoms with Gasteiger partial charge in [-0.15, -0.1) is 0 Å². The molecule has 2 aromatic carbocycles. The van der Waals surface area contributed by atoms with Crippen LogP contribution in [0, 0.1) is 17.1 Å². The smallest absolute Gasteiger partial charge is 0.377 e. The SMILES string of the molecule is N#Cc1ccc(N2CC(=O)N(Cc3ccc(C(F)(F)F)cc3)[C@]3(C[C@H](NC(=O)NC4COC4)C3)C2=O)c(F)c1. The molecule has 4 amide bonds. The van der Waals surface area contributed by atoms with Crippen molar-refractivity contribution < 1.29 is 36.7 Å². The second kappa shape index (κ2) is 9.85. The summed E-state index contributed by atoms with van der Waals surface area (Å²) in [6, 6.07) is 8.57. The zero-order chi connectivity index (χ0) is 27.9. The Morgan fingerprint density at radius 1 is 1.08 bits per heavy atom. The predicted molar refractivity (Wildman–Crippen MR) is 127 cm³/mol. The molecule has 3 aliphatic rings. The van der Waals surface area contributed by atoms with Gasteiger partial charge in [0.2, 0.25) is 5.91 Å². The zero-order valence-corrected chi connectivity index (χ0v) is 20.4. The molecular formula is C26H23F4N5O4. The number of nitrogens with zero attached hydrogens (tertiary/aromatic N) is 3. The summed E-state index contributed by atoms with van der Waals surface area (Å²) < 4.78 is 58.9. The molecule has 0 unspecified atom stereocenters. The predicted octanol–water partition coefficient (Wildman–Crippen LogP) is 2.69. The number of urea groups is 1. The number of hydrogen-bond acceptors (Lipinski definition) is 5. The van der Waals surface area contributed by atoms with Crippen molar-refractivity contribution in [2.45, 2.75) is 43.2 Å². The minimum Gasteiger partial charge on any atom is -0.377 e. The summed E-state index contributed by atoms with van der Waals surface area (Å²) in [7, 11) is 0. The third-order valence-electron chi connectivity index (χ3n) is 7.22. The van der Waals surface area contributed by atoms with Gasteiger partial charge in [0.05, 0.1) is 42.1 Å². The number of rotatable bonds is 5. The van der Waals surface area contributed by atoms with Gasteiger partial charge in [0, 0.05) is 25.4 Å². The molecule has 9 nitrogen and oxygen atoms in total.